The van der Waals surface area contributed by atoms with Crippen molar-refractivity contribution >= 4 is 5.97 Å². The number of benzene rings is 1. The molecule has 1 saturated carbocycles. The molecule has 0 aromatic heterocycles. The Morgan fingerprint density at radius 2 is 1.79 bits per heavy atom. The average molecular weight is 260 g/mol. The van der Waals surface area contributed by atoms with Crippen LogP contribution in [0.2, 0.25) is 0 Å². The predicted octanol–water partition coefficient (Wildman–Crippen LogP) is 4.34. The van der Waals surface area contributed by atoms with Crippen molar-refractivity contribution in [3.05, 3.63) is 35.4 Å². The molecule has 2 heteroatoms. The number of carboxylic acid groups (broad SMARTS) is 1. The van der Waals surface area contributed by atoms with E-state index in [0.29, 0.717) is 5.92 Å². The molecule has 0 saturated heterocycles. The van der Waals surface area contributed by atoms with Gasteiger partial charge in [-0.1, -0.05) is 51.5 Å². The summed E-state index contributed by atoms with van der Waals surface area (Å²) in [6.07, 6.45) is 3.79. The second kappa shape index (κ2) is 5.36. The van der Waals surface area contributed by atoms with Gasteiger partial charge in [-0.2, -0.15) is 0 Å². The van der Waals surface area contributed by atoms with Gasteiger partial charge in [0.05, 0.1) is 5.92 Å². The first kappa shape index (κ1) is 14.1. The Kier molecular flexibility index (Phi) is 3.98. The van der Waals surface area contributed by atoms with Gasteiger partial charge in [0.15, 0.2) is 0 Å². The maximum atomic E-state index is 11.1. The smallest absolute Gasteiger partial charge is 0.306 e. The zero-order valence-electron chi connectivity index (χ0n) is 12.1. The Hall–Kier alpha value is -1.31. The van der Waals surface area contributed by atoms with Crippen molar-refractivity contribution < 1.29 is 9.90 Å². The van der Waals surface area contributed by atoms with Crippen molar-refractivity contribution in [1.82, 2.24) is 0 Å². The van der Waals surface area contributed by atoms with Crippen molar-refractivity contribution in [1.29, 1.82) is 0 Å². The Morgan fingerprint density at radius 3 is 2.32 bits per heavy atom. The molecule has 1 fully saturated rings. The van der Waals surface area contributed by atoms with Crippen LogP contribution in [-0.4, -0.2) is 11.1 Å². The van der Waals surface area contributed by atoms with E-state index in [-0.39, 0.29) is 11.3 Å². The summed E-state index contributed by atoms with van der Waals surface area (Å²) in [6, 6.07) is 8.77. The maximum Gasteiger partial charge on any atom is 0.306 e. The highest BCUT2D eigenvalue weighted by Crippen LogP contribution is 2.37. The molecule has 0 heterocycles. The lowest BCUT2D eigenvalue weighted by Crippen LogP contribution is -2.21. The quantitative estimate of drug-likeness (QED) is 0.858. The summed E-state index contributed by atoms with van der Waals surface area (Å²) in [5.74, 6) is -0.360. The Bertz CT molecular complexity index is 439. The average Bonchev–Trinajstić information content (AvgIpc) is 2.38. The van der Waals surface area contributed by atoms with E-state index in [1.807, 2.05) is 0 Å². The highest BCUT2D eigenvalue weighted by molar-refractivity contribution is 5.70. The molecule has 104 valence electrons. The largest absolute Gasteiger partial charge is 0.481 e. The van der Waals surface area contributed by atoms with E-state index < -0.39 is 5.97 Å². The predicted molar refractivity (Wildman–Crippen MR) is 77.5 cm³/mol. The Balaban J connectivity index is 2.12. The van der Waals surface area contributed by atoms with Gasteiger partial charge in [-0.05, 0) is 41.7 Å². The maximum absolute atomic E-state index is 11.1. The van der Waals surface area contributed by atoms with Crippen LogP contribution in [0, 0.1) is 5.92 Å². The summed E-state index contributed by atoms with van der Waals surface area (Å²) in [5, 5.41) is 9.15. The van der Waals surface area contributed by atoms with Crippen molar-refractivity contribution in [3.8, 4) is 0 Å². The lowest BCUT2D eigenvalue weighted by Gasteiger charge is -2.27. The molecule has 1 aromatic rings. The van der Waals surface area contributed by atoms with E-state index in [1.54, 1.807) is 0 Å². The van der Waals surface area contributed by atoms with E-state index in [1.165, 1.54) is 11.1 Å². The van der Waals surface area contributed by atoms with Crippen LogP contribution >= 0.6 is 0 Å². The Morgan fingerprint density at radius 1 is 1.16 bits per heavy atom. The van der Waals surface area contributed by atoms with Crippen LogP contribution in [0.1, 0.15) is 63.5 Å². The summed E-state index contributed by atoms with van der Waals surface area (Å²) in [4.78, 5) is 11.1. The van der Waals surface area contributed by atoms with Crippen molar-refractivity contribution in [2.45, 2.75) is 57.8 Å². The Labute approximate surface area is 115 Å². The summed E-state index contributed by atoms with van der Waals surface area (Å²) < 4.78 is 0. The molecule has 19 heavy (non-hydrogen) atoms. The van der Waals surface area contributed by atoms with E-state index in [0.717, 1.165) is 25.7 Å². The van der Waals surface area contributed by atoms with E-state index in [9.17, 15) is 4.79 Å². The second-order valence-electron chi connectivity index (χ2n) is 6.77. The molecule has 0 amide bonds. The van der Waals surface area contributed by atoms with Crippen LogP contribution in [-0.2, 0) is 10.2 Å². The van der Waals surface area contributed by atoms with E-state index in [2.05, 4.69) is 45.0 Å². The third-order valence-corrected chi connectivity index (χ3v) is 4.27. The fraction of sp³-hybridized carbons (Fsp3) is 0.588. The SMILES string of the molecule is CC(C)(C)c1ccc(C2CCCC(C(=O)O)C2)cc1. The molecule has 0 bridgehead atoms. The number of rotatable bonds is 2. The van der Waals surface area contributed by atoms with Crippen LogP contribution in [0.25, 0.3) is 0 Å². The first-order chi connectivity index (χ1) is 8.88. The third kappa shape index (κ3) is 3.37. The van der Waals surface area contributed by atoms with Crippen LogP contribution < -0.4 is 0 Å². The number of hydrogen-bond acceptors (Lipinski definition) is 1. The molecular weight excluding hydrogens is 236 g/mol. The topological polar surface area (TPSA) is 37.3 Å². The van der Waals surface area contributed by atoms with Crippen LogP contribution in [0.5, 0.6) is 0 Å². The lowest BCUT2D eigenvalue weighted by atomic mass is 9.77. The second-order valence-corrected chi connectivity index (χ2v) is 6.77. The number of aliphatic carboxylic acids is 1. The van der Waals surface area contributed by atoms with Gasteiger partial charge in [-0.15, -0.1) is 0 Å². The molecule has 2 nitrogen and oxygen atoms in total. The molecule has 0 radical (unpaired) electrons. The molecule has 2 rings (SSSR count). The highest BCUT2D eigenvalue weighted by Gasteiger charge is 2.27. The van der Waals surface area contributed by atoms with E-state index >= 15 is 0 Å². The lowest BCUT2D eigenvalue weighted by molar-refractivity contribution is -0.142. The molecule has 2 atom stereocenters. The summed E-state index contributed by atoms with van der Waals surface area (Å²) >= 11 is 0. The van der Waals surface area contributed by atoms with Gasteiger partial charge in [0.25, 0.3) is 0 Å². The van der Waals surface area contributed by atoms with Gasteiger partial charge in [0, 0.05) is 0 Å². The summed E-state index contributed by atoms with van der Waals surface area (Å²) in [7, 11) is 0. The molecule has 0 spiro atoms. The molecule has 1 aliphatic rings. The number of hydrogen-bond donors (Lipinski definition) is 1. The van der Waals surface area contributed by atoms with Crippen molar-refractivity contribution in [3.63, 3.8) is 0 Å². The molecule has 1 aromatic carbocycles. The van der Waals surface area contributed by atoms with Crippen LogP contribution in [0.3, 0.4) is 0 Å². The van der Waals surface area contributed by atoms with Crippen LogP contribution in [0.4, 0.5) is 0 Å². The van der Waals surface area contributed by atoms with Gasteiger partial charge in [0.2, 0.25) is 0 Å². The van der Waals surface area contributed by atoms with Gasteiger partial charge in [-0.3, -0.25) is 4.79 Å². The highest BCUT2D eigenvalue weighted by atomic mass is 16.4. The molecule has 1 aliphatic carbocycles. The molecular formula is C17H24O2. The summed E-state index contributed by atoms with van der Waals surface area (Å²) in [6.45, 7) is 6.63. The van der Waals surface area contributed by atoms with Gasteiger partial charge < -0.3 is 5.11 Å². The minimum atomic E-state index is -0.629. The zero-order chi connectivity index (χ0) is 14.0. The van der Waals surface area contributed by atoms with Gasteiger partial charge in [-0.25, -0.2) is 0 Å². The van der Waals surface area contributed by atoms with E-state index in [4.69, 9.17) is 5.11 Å². The molecule has 1 N–H and O–H groups in total. The molecule has 2 unspecified atom stereocenters. The first-order valence-electron chi connectivity index (χ1n) is 7.21. The standard InChI is InChI=1S/C17H24O2/c1-17(2,3)15-9-7-12(8-10-15)13-5-4-6-14(11-13)16(18)19/h7-10,13-14H,4-6,11H2,1-3H3,(H,18,19). The van der Waals surface area contributed by atoms with Crippen LogP contribution in [0.15, 0.2) is 24.3 Å². The summed E-state index contributed by atoms with van der Waals surface area (Å²) in [5.41, 5.74) is 2.81. The fourth-order valence-electron chi connectivity index (χ4n) is 2.97. The van der Waals surface area contributed by atoms with Crippen molar-refractivity contribution in [2.24, 2.45) is 5.92 Å². The first-order valence-corrected chi connectivity index (χ1v) is 7.21. The fourth-order valence-corrected chi connectivity index (χ4v) is 2.97. The minimum absolute atomic E-state index is 0.152. The van der Waals surface area contributed by atoms with Gasteiger partial charge in [0.1, 0.15) is 0 Å². The monoisotopic (exact) mass is 260 g/mol. The molecule has 0 aliphatic heterocycles. The minimum Gasteiger partial charge on any atom is -0.481 e. The normalized spacial score (nSPS) is 24.2. The number of carbonyl (C=O) groups is 1. The van der Waals surface area contributed by atoms with Gasteiger partial charge >= 0.3 is 5.97 Å². The number of carboxylic acids is 1. The third-order valence-electron chi connectivity index (χ3n) is 4.27. The van der Waals surface area contributed by atoms with Crippen molar-refractivity contribution in [2.75, 3.05) is 0 Å². The zero-order valence-corrected chi connectivity index (χ0v) is 12.1.